The zero-order valence-electron chi connectivity index (χ0n) is 15.0. The molecule has 0 radical (unpaired) electrons. The Morgan fingerprint density at radius 3 is 2.04 bits per heavy atom. The molecule has 11 nitrogen and oxygen atoms in total. The maximum atomic E-state index is 12.3. The number of carboxylic acids is 1. The number of unbranched alkanes of at least 4 members (excludes halogenated alkanes) is 1. The summed E-state index contributed by atoms with van der Waals surface area (Å²) in [7, 11) is 0. The van der Waals surface area contributed by atoms with Gasteiger partial charge in [0.25, 0.3) is 0 Å². The van der Waals surface area contributed by atoms with E-state index in [2.05, 4.69) is 16.0 Å². The second-order valence-corrected chi connectivity index (χ2v) is 5.90. The van der Waals surface area contributed by atoms with Crippen LogP contribution < -0.4 is 27.4 Å². The zero-order chi connectivity index (χ0) is 20.3. The first kappa shape index (κ1) is 23.8. The number of nitrogens with one attached hydrogen (secondary N) is 3. The lowest BCUT2D eigenvalue weighted by atomic mass is 10.1. The lowest BCUT2D eigenvalue weighted by molar-refractivity contribution is -0.143. The van der Waals surface area contributed by atoms with Crippen LogP contribution in [-0.4, -0.2) is 71.2 Å². The van der Waals surface area contributed by atoms with Crippen molar-refractivity contribution in [3.05, 3.63) is 0 Å². The molecule has 3 amide bonds. The smallest absolute Gasteiger partial charge is 0.326 e. The van der Waals surface area contributed by atoms with Crippen LogP contribution in [0.5, 0.6) is 0 Å². The van der Waals surface area contributed by atoms with Gasteiger partial charge in [0.15, 0.2) is 0 Å². The van der Waals surface area contributed by atoms with Gasteiger partial charge in [0.2, 0.25) is 17.7 Å². The fourth-order valence-electron chi connectivity index (χ4n) is 2.06. The summed E-state index contributed by atoms with van der Waals surface area (Å²) in [6.45, 7) is 2.75. The van der Waals surface area contributed by atoms with Gasteiger partial charge in [-0.3, -0.25) is 14.4 Å². The summed E-state index contributed by atoms with van der Waals surface area (Å²) in [5.74, 6) is -3.35. The molecule has 0 fully saturated rings. The van der Waals surface area contributed by atoms with Crippen molar-refractivity contribution in [3.8, 4) is 0 Å². The molecule has 0 aromatic rings. The van der Waals surface area contributed by atoms with Crippen LogP contribution in [0, 0.1) is 0 Å². The molecule has 4 atom stereocenters. The third-order valence-corrected chi connectivity index (χ3v) is 3.58. The third kappa shape index (κ3) is 8.74. The number of aliphatic hydroxyl groups is 1. The van der Waals surface area contributed by atoms with Gasteiger partial charge in [-0.2, -0.15) is 0 Å². The van der Waals surface area contributed by atoms with Gasteiger partial charge in [0.05, 0.1) is 12.6 Å². The molecule has 0 heterocycles. The van der Waals surface area contributed by atoms with Crippen LogP contribution in [0.15, 0.2) is 0 Å². The number of hydrogen-bond acceptors (Lipinski definition) is 7. The number of carboxylic acid groups (broad SMARTS) is 1. The highest BCUT2D eigenvalue weighted by Gasteiger charge is 2.30. The maximum Gasteiger partial charge on any atom is 0.326 e. The summed E-state index contributed by atoms with van der Waals surface area (Å²) in [4.78, 5) is 46.8. The van der Waals surface area contributed by atoms with Gasteiger partial charge in [0, 0.05) is 0 Å². The summed E-state index contributed by atoms with van der Waals surface area (Å²) in [6.07, 6.45) is -0.00687. The number of aliphatic hydroxyl groups excluding tert-OH is 1. The van der Waals surface area contributed by atoms with Gasteiger partial charge < -0.3 is 37.6 Å². The Balaban J connectivity index is 4.89. The fourth-order valence-corrected chi connectivity index (χ4v) is 2.06. The molecule has 0 aromatic heterocycles. The molecule has 0 saturated carbocycles. The fraction of sp³-hybridized carbons (Fsp3) is 0.733. The average Bonchev–Trinajstić information content (AvgIpc) is 2.57. The van der Waals surface area contributed by atoms with Gasteiger partial charge in [-0.05, 0) is 39.7 Å². The second kappa shape index (κ2) is 12.2. The number of amides is 3. The Morgan fingerprint density at radius 1 is 0.962 bits per heavy atom. The minimum atomic E-state index is -1.38. The van der Waals surface area contributed by atoms with Crippen molar-refractivity contribution in [2.75, 3.05) is 13.1 Å². The first-order valence-electron chi connectivity index (χ1n) is 8.35. The summed E-state index contributed by atoms with van der Waals surface area (Å²) in [6, 6.07) is -3.53. The number of carbonyl (C=O) groups is 4. The molecule has 9 N–H and O–H groups in total. The van der Waals surface area contributed by atoms with Crippen LogP contribution in [0.1, 0.15) is 33.1 Å². The maximum absolute atomic E-state index is 12.3. The van der Waals surface area contributed by atoms with Crippen molar-refractivity contribution in [1.82, 2.24) is 16.0 Å². The Hall–Kier alpha value is -2.24. The van der Waals surface area contributed by atoms with Crippen LogP contribution in [-0.2, 0) is 19.2 Å². The SMILES string of the molecule is CC(NC(=O)CN)C(=O)NC(C(=O)NC(CCCCN)C(=O)O)C(C)O. The van der Waals surface area contributed by atoms with E-state index in [1.165, 1.54) is 13.8 Å². The molecular formula is C15H29N5O6. The summed E-state index contributed by atoms with van der Waals surface area (Å²) >= 11 is 0. The summed E-state index contributed by atoms with van der Waals surface area (Å²) in [5.41, 5.74) is 10.5. The predicted molar refractivity (Wildman–Crippen MR) is 92.7 cm³/mol. The van der Waals surface area contributed by atoms with E-state index in [1.54, 1.807) is 0 Å². The minimum Gasteiger partial charge on any atom is -0.480 e. The predicted octanol–water partition coefficient (Wildman–Crippen LogP) is -2.99. The number of nitrogens with two attached hydrogens (primary N) is 2. The lowest BCUT2D eigenvalue weighted by Crippen LogP contribution is -2.58. The van der Waals surface area contributed by atoms with Crippen molar-refractivity contribution in [3.63, 3.8) is 0 Å². The third-order valence-electron chi connectivity index (χ3n) is 3.58. The molecule has 0 bridgehead atoms. The van der Waals surface area contributed by atoms with Crippen molar-refractivity contribution in [2.24, 2.45) is 11.5 Å². The number of carbonyl (C=O) groups excluding carboxylic acids is 3. The van der Waals surface area contributed by atoms with Gasteiger partial charge >= 0.3 is 5.97 Å². The zero-order valence-corrected chi connectivity index (χ0v) is 15.0. The van der Waals surface area contributed by atoms with Crippen LogP contribution in [0.25, 0.3) is 0 Å². The highest BCUT2D eigenvalue weighted by atomic mass is 16.4. The van der Waals surface area contributed by atoms with E-state index in [9.17, 15) is 29.4 Å². The standard InChI is InChI=1S/C15H29N5O6/c1-8(18-11(22)7-17)13(23)20-12(9(2)21)14(24)19-10(15(25)26)5-3-4-6-16/h8-10,12,21H,3-7,16-17H2,1-2H3,(H,18,22)(H,19,24)(H,20,23)(H,25,26). The first-order chi connectivity index (χ1) is 12.1. The van der Waals surface area contributed by atoms with Crippen molar-refractivity contribution in [2.45, 2.75) is 57.3 Å². The molecule has 0 spiro atoms. The quantitative estimate of drug-likeness (QED) is 0.175. The molecule has 0 saturated heterocycles. The van der Waals surface area contributed by atoms with Crippen molar-refractivity contribution >= 4 is 23.7 Å². The lowest BCUT2D eigenvalue weighted by Gasteiger charge is -2.25. The summed E-state index contributed by atoms with van der Waals surface area (Å²) < 4.78 is 0. The van der Waals surface area contributed by atoms with E-state index in [0.717, 1.165) is 0 Å². The highest BCUT2D eigenvalue weighted by Crippen LogP contribution is 2.03. The van der Waals surface area contributed by atoms with Crippen LogP contribution in [0.2, 0.25) is 0 Å². The molecule has 26 heavy (non-hydrogen) atoms. The summed E-state index contributed by atoms with van der Waals surface area (Å²) in [5, 5.41) is 25.8. The van der Waals surface area contributed by atoms with Gasteiger partial charge in [0.1, 0.15) is 18.1 Å². The Bertz CT molecular complexity index is 499. The Kier molecular flexibility index (Phi) is 11.1. The average molecular weight is 375 g/mol. The van der Waals surface area contributed by atoms with Gasteiger partial charge in [-0.25, -0.2) is 4.79 Å². The molecule has 4 unspecified atom stereocenters. The van der Waals surface area contributed by atoms with Gasteiger partial charge in [-0.1, -0.05) is 0 Å². The van der Waals surface area contributed by atoms with Crippen molar-refractivity contribution < 1.29 is 29.4 Å². The van der Waals surface area contributed by atoms with Crippen LogP contribution in [0.3, 0.4) is 0 Å². The largest absolute Gasteiger partial charge is 0.480 e. The molecular weight excluding hydrogens is 346 g/mol. The topological polar surface area (TPSA) is 197 Å². The van der Waals surface area contributed by atoms with Crippen LogP contribution in [0.4, 0.5) is 0 Å². The van der Waals surface area contributed by atoms with E-state index in [1.807, 2.05) is 0 Å². The molecule has 0 rings (SSSR count). The Labute approximate surface area is 151 Å². The van der Waals surface area contributed by atoms with Crippen molar-refractivity contribution in [1.29, 1.82) is 0 Å². The molecule has 0 aliphatic heterocycles. The number of hydrogen-bond donors (Lipinski definition) is 7. The normalized spacial score (nSPS) is 15.3. The minimum absolute atomic E-state index is 0.168. The second-order valence-electron chi connectivity index (χ2n) is 5.90. The van der Waals surface area contributed by atoms with Crippen LogP contribution >= 0.6 is 0 Å². The molecule has 150 valence electrons. The molecule has 11 heteroatoms. The number of rotatable bonds is 12. The number of aliphatic carboxylic acids is 1. The van der Waals surface area contributed by atoms with E-state index in [0.29, 0.717) is 19.4 Å². The molecule has 0 aromatic carbocycles. The highest BCUT2D eigenvalue weighted by molar-refractivity contribution is 5.93. The molecule has 0 aliphatic carbocycles. The van der Waals surface area contributed by atoms with E-state index < -0.39 is 47.9 Å². The first-order valence-corrected chi connectivity index (χ1v) is 8.35. The van der Waals surface area contributed by atoms with E-state index >= 15 is 0 Å². The van der Waals surface area contributed by atoms with Gasteiger partial charge in [-0.15, -0.1) is 0 Å². The molecule has 0 aliphatic rings. The Morgan fingerprint density at radius 2 is 1.58 bits per heavy atom. The monoisotopic (exact) mass is 375 g/mol. The van der Waals surface area contributed by atoms with E-state index in [-0.39, 0.29) is 13.0 Å². The van der Waals surface area contributed by atoms with E-state index in [4.69, 9.17) is 11.5 Å².